The second kappa shape index (κ2) is 12.7. The highest BCUT2D eigenvalue weighted by molar-refractivity contribution is 9.11. The Kier molecular flexibility index (Phi) is 8.14. The SMILES string of the molecule is CC(C)(C)c1ccc(Sc2ccc(C3(c4ccc(C(C)(C)C)cc4)c4cc(Br)c5c(oc6ccccc65)c4-c4c3cc(Br)c3oc5ccccc5c43)cc2)cc1. The third-order valence-corrected chi connectivity index (χ3v) is 13.9. The lowest BCUT2D eigenvalue weighted by atomic mass is 9.67. The zero-order chi connectivity index (χ0) is 38.7. The summed E-state index contributed by atoms with van der Waals surface area (Å²) in [6.45, 7) is 13.6. The van der Waals surface area contributed by atoms with Crippen LogP contribution in [-0.2, 0) is 16.2 Å². The van der Waals surface area contributed by atoms with Crippen molar-refractivity contribution in [2.24, 2.45) is 0 Å². The van der Waals surface area contributed by atoms with Gasteiger partial charge in [-0.3, -0.25) is 0 Å². The van der Waals surface area contributed by atoms with Gasteiger partial charge in [-0.15, -0.1) is 0 Å². The predicted molar refractivity (Wildman–Crippen MR) is 242 cm³/mol. The molecule has 1 aliphatic carbocycles. The maximum atomic E-state index is 6.97. The quantitative estimate of drug-likeness (QED) is 0.176. The van der Waals surface area contributed by atoms with E-state index in [2.05, 4.69) is 195 Å². The molecule has 2 aromatic heterocycles. The first-order valence-corrected chi connectivity index (χ1v) is 21.5. The molecule has 0 bridgehead atoms. The fourth-order valence-electron chi connectivity index (χ4n) is 8.90. The molecule has 276 valence electrons. The fourth-order valence-corrected chi connectivity index (χ4v) is 10.8. The van der Waals surface area contributed by atoms with Gasteiger partial charge in [0.25, 0.3) is 0 Å². The number of halogens is 2. The highest BCUT2D eigenvalue weighted by Gasteiger charge is 2.49. The molecule has 0 aliphatic heterocycles. The standard InChI is InChI=1S/C51H40Br2O2S/c1-49(2,3)29-15-17-31(18-16-29)51(32-21-25-34(26-22-32)56-33-23-19-30(20-24-33)50(4,5)6)37-28-40(53)47-44(36-12-8-10-14-42(36)54-47)45(37)46-38(51)27-39(52)43-35-11-7-9-13-41(35)55-48(43)46/h7-28H,1-6H3. The van der Waals surface area contributed by atoms with Crippen molar-refractivity contribution < 1.29 is 8.83 Å². The maximum absolute atomic E-state index is 6.97. The minimum Gasteiger partial charge on any atom is -0.455 e. The number of hydrogen-bond acceptors (Lipinski definition) is 3. The van der Waals surface area contributed by atoms with Crippen molar-refractivity contribution in [2.75, 3.05) is 0 Å². The molecule has 9 aromatic rings. The minimum absolute atomic E-state index is 0.00943. The molecular formula is C51H40Br2O2S. The fraction of sp³-hybridized carbons (Fsp3) is 0.176. The third-order valence-electron chi connectivity index (χ3n) is 11.7. The second-order valence-corrected chi connectivity index (χ2v) is 20.0. The molecule has 1 unspecified atom stereocenters. The predicted octanol–water partition coefficient (Wildman–Crippen LogP) is 16.1. The van der Waals surface area contributed by atoms with Crippen LogP contribution in [0.5, 0.6) is 0 Å². The van der Waals surface area contributed by atoms with Crippen LogP contribution in [0.4, 0.5) is 0 Å². The molecule has 0 saturated carbocycles. The molecule has 1 aliphatic rings. The number of para-hydroxylation sites is 2. The molecule has 0 fully saturated rings. The Morgan fingerprint density at radius 2 is 0.929 bits per heavy atom. The molecule has 2 heterocycles. The molecule has 0 amide bonds. The van der Waals surface area contributed by atoms with Crippen molar-refractivity contribution in [3.05, 3.63) is 176 Å². The maximum Gasteiger partial charge on any atom is 0.150 e. The van der Waals surface area contributed by atoms with E-state index in [9.17, 15) is 0 Å². The molecule has 10 rings (SSSR count). The Balaban J connectivity index is 1.30. The van der Waals surface area contributed by atoms with Gasteiger partial charge in [0.1, 0.15) is 22.3 Å². The van der Waals surface area contributed by atoms with Crippen LogP contribution in [0.15, 0.2) is 161 Å². The first-order chi connectivity index (χ1) is 26.8. The van der Waals surface area contributed by atoms with Crippen LogP contribution in [0.2, 0.25) is 0 Å². The molecule has 2 nitrogen and oxygen atoms in total. The van der Waals surface area contributed by atoms with Crippen LogP contribution in [0.1, 0.15) is 74.9 Å². The summed E-state index contributed by atoms with van der Waals surface area (Å²) in [5.41, 5.74) is 12.5. The van der Waals surface area contributed by atoms with E-state index in [0.29, 0.717) is 0 Å². The summed E-state index contributed by atoms with van der Waals surface area (Å²) in [6, 6.07) is 49.0. The van der Waals surface area contributed by atoms with Crippen molar-refractivity contribution in [1.82, 2.24) is 0 Å². The highest BCUT2D eigenvalue weighted by Crippen LogP contribution is 2.62. The molecule has 7 aromatic carbocycles. The summed E-state index contributed by atoms with van der Waals surface area (Å²) in [4.78, 5) is 2.42. The zero-order valence-electron chi connectivity index (χ0n) is 32.2. The number of hydrogen-bond donors (Lipinski definition) is 0. The number of fused-ring (bicyclic) bond motifs is 11. The Morgan fingerprint density at radius 3 is 1.50 bits per heavy atom. The zero-order valence-corrected chi connectivity index (χ0v) is 36.2. The molecule has 0 saturated heterocycles. The highest BCUT2D eigenvalue weighted by atomic mass is 79.9. The van der Waals surface area contributed by atoms with Crippen molar-refractivity contribution in [1.29, 1.82) is 0 Å². The number of furan rings is 2. The first kappa shape index (κ1) is 35.8. The first-order valence-electron chi connectivity index (χ1n) is 19.1. The lowest BCUT2D eigenvalue weighted by Crippen LogP contribution is -2.29. The van der Waals surface area contributed by atoms with Crippen LogP contribution in [0.3, 0.4) is 0 Å². The van der Waals surface area contributed by atoms with E-state index in [4.69, 9.17) is 8.83 Å². The molecule has 56 heavy (non-hydrogen) atoms. The van der Waals surface area contributed by atoms with E-state index < -0.39 is 5.41 Å². The topological polar surface area (TPSA) is 26.3 Å². The van der Waals surface area contributed by atoms with Crippen molar-refractivity contribution in [3.8, 4) is 11.1 Å². The smallest absolute Gasteiger partial charge is 0.150 e. The second-order valence-electron chi connectivity index (χ2n) is 17.1. The van der Waals surface area contributed by atoms with Crippen molar-refractivity contribution >= 4 is 87.5 Å². The van der Waals surface area contributed by atoms with E-state index in [1.54, 1.807) is 11.8 Å². The van der Waals surface area contributed by atoms with Gasteiger partial charge in [0.15, 0.2) is 0 Å². The van der Waals surface area contributed by atoms with Crippen LogP contribution >= 0.6 is 43.6 Å². The van der Waals surface area contributed by atoms with Crippen LogP contribution in [0.25, 0.3) is 55.0 Å². The average molecular weight is 877 g/mol. The summed E-state index contributed by atoms with van der Waals surface area (Å²) >= 11 is 9.94. The molecule has 0 spiro atoms. The van der Waals surface area contributed by atoms with Gasteiger partial charge in [0.05, 0.1) is 9.89 Å². The van der Waals surface area contributed by atoms with Gasteiger partial charge in [-0.1, -0.05) is 154 Å². The normalized spacial score (nSPS) is 15.6. The summed E-state index contributed by atoms with van der Waals surface area (Å²) in [6.07, 6.45) is 0. The van der Waals surface area contributed by atoms with Crippen molar-refractivity contribution in [2.45, 2.75) is 67.6 Å². The van der Waals surface area contributed by atoms with Crippen molar-refractivity contribution in [3.63, 3.8) is 0 Å². The summed E-state index contributed by atoms with van der Waals surface area (Å²) in [5, 5.41) is 4.35. The van der Waals surface area contributed by atoms with Gasteiger partial charge in [-0.05, 0) is 109 Å². The Hall–Kier alpha value is -4.55. The summed E-state index contributed by atoms with van der Waals surface area (Å²) < 4.78 is 15.6. The Morgan fingerprint density at radius 1 is 0.482 bits per heavy atom. The molecule has 1 atom stereocenters. The van der Waals surface area contributed by atoms with Gasteiger partial charge in [0, 0.05) is 46.9 Å². The van der Waals surface area contributed by atoms with Gasteiger partial charge >= 0.3 is 0 Å². The van der Waals surface area contributed by atoms with Crippen LogP contribution in [-0.4, -0.2) is 0 Å². The minimum atomic E-state index is -0.691. The largest absolute Gasteiger partial charge is 0.455 e. The van der Waals surface area contributed by atoms with Gasteiger partial charge in [-0.2, -0.15) is 0 Å². The van der Waals surface area contributed by atoms with Gasteiger partial charge in [0.2, 0.25) is 0 Å². The third kappa shape index (κ3) is 5.34. The molecule has 0 N–H and O–H groups in total. The number of benzene rings is 7. The van der Waals surface area contributed by atoms with Crippen LogP contribution < -0.4 is 0 Å². The molecule has 5 heteroatoms. The lowest BCUT2D eigenvalue weighted by molar-refractivity contribution is 0.589. The van der Waals surface area contributed by atoms with E-state index in [-0.39, 0.29) is 10.8 Å². The van der Waals surface area contributed by atoms with Crippen LogP contribution in [0, 0.1) is 0 Å². The van der Waals surface area contributed by atoms with E-state index in [1.165, 1.54) is 43.2 Å². The Bertz CT molecular complexity index is 3010. The summed E-state index contributed by atoms with van der Waals surface area (Å²) in [7, 11) is 0. The van der Waals surface area contributed by atoms with Gasteiger partial charge < -0.3 is 8.83 Å². The molecule has 0 radical (unpaired) electrons. The average Bonchev–Trinajstić information content (AvgIpc) is 3.84. The van der Waals surface area contributed by atoms with E-state index >= 15 is 0 Å². The van der Waals surface area contributed by atoms with E-state index in [1.807, 2.05) is 12.1 Å². The Labute approximate surface area is 348 Å². The number of rotatable bonds is 4. The molecular weight excluding hydrogens is 836 g/mol. The monoisotopic (exact) mass is 874 g/mol. The lowest BCUT2D eigenvalue weighted by Gasteiger charge is -2.35. The van der Waals surface area contributed by atoms with E-state index in [0.717, 1.165) is 63.9 Å². The summed E-state index contributed by atoms with van der Waals surface area (Å²) in [5.74, 6) is 0. The van der Waals surface area contributed by atoms with Gasteiger partial charge in [-0.25, -0.2) is 0 Å².